The number of carbonyl (C=O) groups excluding carboxylic acids is 1. The summed E-state index contributed by atoms with van der Waals surface area (Å²) in [5.41, 5.74) is 1.17. The Morgan fingerprint density at radius 1 is 1.19 bits per heavy atom. The molecule has 0 radical (unpaired) electrons. The van der Waals surface area contributed by atoms with Crippen LogP contribution in [-0.2, 0) is 16.1 Å². The highest BCUT2D eigenvalue weighted by Gasteiger charge is 2.29. The van der Waals surface area contributed by atoms with Gasteiger partial charge in [0, 0.05) is 24.7 Å². The zero-order valence-corrected chi connectivity index (χ0v) is 16.4. The van der Waals surface area contributed by atoms with Gasteiger partial charge in [-0.1, -0.05) is 17.3 Å². The maximum atomic E-state index is 13.0. The van der Waals surface area contributed by atoms with E-state index in [2.05, 4.69) is 10.1 Å². The molecule has 0 bridgehead atoms. The van der Waals surface area contributed by atoms with Gasteiger partial charge < -0.3 is 14.2 Å². The van der Waals surface area contributed by atoms with Crippen molar-refractivity contribution in [2.45, 2.75) is 19.4 Å². The standard InChI is InChI=1S/C21H19FN4O5/c22-16-7-5-14(6-8-16)20-23-19(24-31-20)13-30-21(27)15-9-11-25(12-10-15)17-3-1-2-4-18(17)26(28)29/h1-8,15H,9-13H2. The first-order valence-electron chi connectivity index (χ1n) is 9.75. The number of esters is 1. The Balaban J connectivity index is 1.30. The maximum absolute atomic E-state index is 13.0. The molecular weight excluding hydrogens is 407 g/mol. The first kappa shape index (κ1) is 20.5. The largest absolute Gasteiger partial charge is 0.457 e. The van der Waals surface area contributed by atoms with Gasteiger partial charge in [0.25, 0.3) is 11.6 Å². The first-order chi connectivity index (χ1) is 15.0. The number of ether oxygens (including phenoxy) is 1. The van der Waals surface area contributed by atoms with Crippen LogP contribution in [0.2, 0.25) is 0 Å². The van der Waals surface area contributed by atoms with Crippen molar-refractivity contribution in [1.82, 2.24) is 10.1 Å². The molecule has 31 heavy (non-hydrogen) atoms. The van der Waals surface area contributed by atoms with Gasteiger partial charge >= 0.3 is 5.97 Å². The van der Waals surface area contributed by atoms with Crippen molar-refractivity contribution in [1.29, 1.82) is 0 Å². The molecule has 1 aliphatic rings. The van der Waals surface area contributed by atoms with Crippen molar-refractivity contribution in [3.63, 3.8) is 0 Å². The van der Waals surface area contributed by atoms with Crippen LogP contribution < -0.4 is 4.90 Å². The molecule has 1 aliphatic heterocycles. The monoisotopic (exact) mass is 426 g/mol. The maximum Gasteiger partial charge on any atom is 0.309 e. The Morgan fingerprint density at radius 2 is 1.90 bits per heavy atom. The first-order valence-corrected chi connectivity index (χ1v) is 9.75. The summed E-state index contributed by atoms with van der Waals surface area (Å²) in [5, 5.41) is 15.0. The Labute approximate surface area is 176 Å². The van der Waals surface area contributed by atoms with Crippen molar-refractivity contribution in [2.75, 3.05) is 18.0 Å². The SMILES string of the molecule is O=C(OCc1noc(-c2ccc(F)cc2)n1)C1CCN(c2ccccc2[N+](=O)[O-])CC1. The summed E-state index contributed by atoms with van der Waals surface area (Å²) in [6, 6.07) is 12.2. The number of benzene rings is 2. The summed E-state index contributed by atoms with van der Waals surface area (Å²) in [4.78, 5) is 29.3. The Hall–Kier alpha value is -3.82. The number of anilines is 1. The highest BCUT2D eigenvalue weighted by molar-refractivity contribution is 5.73. The van der Waals surface area contributed by atoms with Crippen LogP contribution in [0.3, 0.4) is 0 Å². The van der Waals surface area contributed by atoms with Gasteiger partial charge in [0.05, 0.1) is 10.8 Å². The van der Waals surface area contributed by atoms with Crippen LogP contribution in [0.4, 0.5) is 15.8 Å². The Morgan fingerprint density at radius 3 is 2.61 bits per heavy atom. The molecule has 0 aliphatic carbocycles. The van der Waals surface area contributed by atoms with E-state index in [4.69, 9.17) is 9.26 Å². The van der Waals surface area contributed by atoms with Gasteiger partial charge in [-0.25, -0.2) is 4.39 Å². The third-order valence-corrected chi connectivity index (χ3v) is 5.15. The summed E-state index contributed by atoms with van der Waals surface area (Å²) in [6.07, 6.45) is 1.05. The fourth-order valence-corrected chi connectivity index (χ4v) is 3.52. The zero-order valence-electron chi connectivity index (χ0n) is 16.4. The van der Waals surface area contributed by atoms with Crippen molar-refractivity contribution in [3.8, 4) is 11.5 Å². The number of piperidine rings is 1. The van der Waals surface area contributed by atoms with Gasteiger partial charge in [-0.3, -0.25) is 14.9 Å². The second-order valence-electron chi connectivity index (χ2n) is 7.14. The number of rotatable bonds is 6. The summed E-state index contributed by atoms with van der Waals surface area (Å²) in [7, 11) is 0. The highest BCUT2D eigenvalue weighted by Crippen LogP contribution is 2.31. The number of aromatic nitrogens is 2. The number of para-hydroxylation sites is 2. The minimum absolute atomic E-state index is 0.0533. The minimum Gasteiger partial charge on any atom is -0.457 e. The van der Waals surface area contributed by atoms with E-state index in [-0.39, 0.29) is 41.7 Å². The average Bonchev–Trinajstić information content (AvgIpc) is 3.27. The topological polar surface area (TPSA) is 112 Å². The van der Waals surface area contributed by atoms with Gasteiger partial charge in [-0.2, -0.15) is 4.98 Å². The Kier molecular flexibility index (Phi) is 5.87. The van der Waals surface area contributed by atoms with Gasteiger partial charge in [0.15, 0.2) is 6.61 Å². The lowest BCUT2D eigenvalue weighted by molar-refractivity contribution is -0.384. The van der Waals surface area contributed by atoms with E-state index >= 15 is 0 Å². The van der Waals surface area contributed by atoms with E-state index in [0.29, 0.717) is 37.2 Å². The number of hydrogen-bond donors (Lipinski definition) is 0. The van der Waals surface area contributed by atoms with Crippen LogP contribution in [0, 0.1) is 21.8 Å². The van der Waals surface area contributed by atoms with E-state index in [1.807, 2.05) is 4.90 Å². The molecule has 2 aromatic carbocycles. The van der Waals surface area contributed by atoms with Gasteiger partial charge in [-0.15, -0.1) is 0 Å². The number of nitrogens with zero attached hydrogens (tertiary/aromatic N) is 4. The van der Waals surface area contributed by atoms with Crippen LogP contribution in [0.5, 0.6) is 0 Å². The molecule has 0 saturated carbocycles. The quantitative estimate of drug-likeness (QED) is 0.333. The van der Waals surface area contributed by atoms with Crippen LogP contribution >= 0.6 is 0 Å². The molecule has 1 aromatic heterocycles. The minimum atomic E-state index is -0.402. The molecule has 1 saturated heterocycles. The molecule has 0 unspecified atom stereocenters. The zero-order chi connectivity index (χ0) is 21.8. The summed E-state index contributed by atoms with van der Waals surface area (Å²) in [6.45, 7) is 0.900. The molecule has 3 aromatic rings. The summed E-state index contributed by atoms with van der Waals surface area (Å²) in [5.74, 6) is -0.614. The van der Waals surface area contributed by atoms with Crippen LogP contribution in [-0.4, -0.2) is 34.1 Å². The molecule has 1 fully saturated rings. The fraction of sp³-hybridized carbons (Fsp3) is 0.286. The van der Waals surface area contributed by atoms with Crippen LogP contribution in [0.1, 0.15) is 18.7 Å². The van der Waals surface area contributed by atoms with Crippen molar-refractivity contribution < 1.29 is 23.4 Å². The molecular formula is C21H19FN4O5. The van der Waals surface area contributed by atoms with Crippen LogP contribution in [0.15, 0.2) is 53.1 Å². The number of halogens is 1. The molecule has 0 amide bonds. The second-order valence-corrected chi connectivity index (χ2v) is 7.14. The molecule has 0 spiro atoms. The normalized spacial score (nSPS) is 14.4. The molecule has 4 rings (SSSR count). The van der Waals surface area contributed by atoms with E-state index in [0.717, 1.165) is 0 Å². The third-order valence-electron chi connectivity index (χ3n) is 5.15. The average molecular weight is 426 g/mol. The smallest absolute Gasteiger partial charge is 0.309 e. The number of nitro benzene ring substituents is 1. The van der Waals surface area contributed by atoms with Gasteiger partial charge in [-0.05, 0) is 43.2 Å². The lowest BCUT2D eigenvalue weighted by Gasteiger charge is -2.32. The molecule has 0 N–H and O–H groups in total. The summed E-state index contributed by atoms with van der Waals surface area (Å²) >= 11 is 0. The molecule has 160 valence electrons. The van der Waals surface area contributed by atoms with E-state index in [1.54, 1.807) is 18.2 Å². The van der Waals surface area contributed by atoms with Crippen molar-refractivity contribution in [3.05, 3.63) is 70.3 Å². The van der Waals surface area contributed by atoms with Crippen LogP contribution in [0.25, 0.3) is 11.5 Å². The summed E-state index contributed by atoms with van der Waals surface area (Å²) < 4.78 is 23.5. The lowest BCUT2D eigenvalue weighted by Crippen LogP contribution is -2.37. The van der Waals surface area contributed by atoms with E-state index in [1.165, 1.54) is 30.3 Å². The lowest BCUT2D eigenvalue weighted by atomic mass is 9.96. The van der Waals surface area contributed by atoms with Crippen molar-refractivity contribution in [2.24, 2.45) is 5.92 Å². The van der Waals surface area contributed by atoms with Crippen molar-refractivity contribution >= 4 is 17.3 Å². The molecule has 0 atom stereocenters. The predicted molar refractivity (Wildman–Crippen MR) is 108 cm³/mol. The second kappa shape index (κ2) is 8.90. The van der Waals surface area contributed by atoms with E-state index in [9.17, 15) is 19.3 Å². The third kappa shape index (κ3) is 4.68. The van der Waals surface area contributed by atoms with Gasteiger partial charge in [0.1, 0.15) is 11.5 Å². The molecule has 2 heterocycles. The number of nitro groups is 1. The predicted octanol–water partition coefficient (Wildman–Crippen LogP) is 3.74. The number of hydrogen-bond acceptors (Lipinski definition) is 8. The van der Waals surface area contributed by atoms with E-state index < -0.39 is 4.92 Å². The molecule has 9 nitrogen and oxygen atoms in total. The highest BCUT2D eigenvalue weighted by atomic mass is 19.1. The molecule has 10 heteroatoms. The number of carbonyl (C=O) groups is 1. The fourth-order valence-electron chi connectivity index (χ4n) is 3.52. The Bertz CT molecular complexity index is 1080. The van der Waals surface area contributed by atoms with Gasteiger partial charge in [0.2, 0.25) is 5.82 Å².